The van der Waals surface area contributed by atoms with E-state index >= 15 is 0 Å². The number of nitrogens with zero attached hydrogens (tertiary/aromatic N) is 3. The van der Waals surface area contributed by atoms with E-state index in [-0.39, 0.29) is 24.3 Å². The maximum atomic E-state index is 12.3. The van der Waals surface area contributed by atoms with Crippen LogP contribution in [-0.2, 0) is 17.8 Å². The van der Waals surface area contributed by atoms with Crippen molar-refractivity contribution in [2.24, 2.45) is 0 Å². The van der Waals surface area contributed by atoms with Crippen molar-refractivity contribution < 1.29 is 23.8 Å². The fourth-order valence-corrected chi connectivity index (χ4v) is 3.16. The normalized spacial score (nSPS) is 11.8. The van der Waals surface area contributed by atoms with Gasteiger partial charge in [0.05, 0.1) is 19.9 Å². The Hall–Kier alpha value is -4.08. The maximum absolute atomic E-state index is 12.3. The molecule has 10 heteroatoms. The highest BCUT2D eigenvalue weighted by Gasteiger charge is 2.14. The summed E-state index contributed by atoms with van der Waals surface area (Å²) < 4.78 is 17.3. The van der Waals surface area contributed by atoms with Gasteiger partial charge in [-0.25, -0.2) is 4.68 Å². The summed E-state index contributed by atoms with van der Waals surface area (Å²) in [5.74, 6) is 1.62. The van der Waals surface area contributed by atoms with Crippen LogP contribution in [0.5, 0.6) is 17.2 Å². The minimum absolute atomic E-state index is 0.0706. The van der Waals surface area contributed by atoms with E-state index in [1.165, 1.54) is 10.9 Å². The van der Waals surface area contributed by atoms with Crippen molar-refractivity contribution in [3.05, 3.63) is 59.9 Å². The number of aryl methyl sites for hydroxylation is 1. The Labute approximate surface area is 184 Å². The molecule has 0 unspecified atom stereocenters. The summed E-state index contributed by atoms with van der Waals surface area (Å²) in [6.45, 7) is 1.00. The first kappa shape index (κ1) is 21.2. The topological polar surface area (TPSA) is 117 Å². The molecule has 0 aliphatic carbocycles. The van der Waals surface area contributed by atoms with E-state index in [1.807, 2.05) is 18.2 Å². The summed E-state index contributed by atoms with van der Waals surface area (Å²) in [5.41, 5.74) is 1.79. The highest BCUT2D eigenvalue weighted by molar-refractivity contribution is 6.02. The molecule has 2 N–H and O–H groups in total. The van der Waals surface area contributed by atoms with E-state index in [9.17, 15) is 9.59 Å². The highest BCUT2D eigenvalue weighted by Crippen LogP contribution is 2.32. The van der Waals surface area contributed by atoms with Crippen molar-refractivity contribution in [2.45, 2.75) is 19.4 Å². The van der Waals surface area contributed by atoms with E-state index in [0.29, 0.717) is 43.1 Å². The molecule has 10 nitrogen and oxygen atoms in total. The lowest BCUT2D eigenvalue weighted by Gasteiger charge is -2.06. The molecule has 1 aliphatic rings. The van der Waals surface area contributed by atoms with E-state index in [2.05, 4.69) is 20.9 Å². The van der Waals surface area contributed by atoms with Gasteiger partial charge in [0.25, 0.3) is 5.91 Å². The van der Waals surface area contributed by atoms with E-state index < -0.39 is 0 Å². The van der Waals surface area contributed by atoms with Crippen LogP contribution in [0.2, 0.25) is 0 Å². The fraction of sp³-hybridized carbons (Fsp3) is 0.273. The Morgan fingerprint density at radius 3 is 2.91 bits per heavy atom. The number of fused-ring (bicyclic) bond motifs is 1. The summed E-state index contributed by atoms with van der Waals surface area (Å²) in [6, 6.07) is 12.7. The molecule has 1 aromatic heterocycles. The van der Waals surface area contributed by atoms with Gasteiger partial charge in [-0.1, -0.05) is 17.3 Å². The van der Waals surface area contributed by atoms with Crippen molar-refractivity contribution >= 4 is 17.5 Å². The first-order valence-corrected chi connectivity index (χ1v) is 10.1. The zero-order valence-electron chi connectivity index (χ0n) is 17.5. The van der Waals surface area contributed by atoms with Crippen molar-refractivity contribution in [2.75, 3.05) is 25.8 Å². The standard InChI is InChI=1S/C22H23N5O5/c1-30-17-4-2-3-16(12-17)24-22(29)18-13-27(26-25-18)10-9-23-21(28)8-6-15-5-7-19-20(11-15)32-14-31-19/h2-5,7,11-13H,6,8-10,14H2,1H3,(H,23,28)(H,24,29). The van der Waals surface area contributed by atoms with Crippen LogP contribution in [0.4, 0.5) is 5.69 Å². The molecular formula is C22H23N5O5. The van der Waals surface area contributed by atoms with Crippen LogP contribution < -0.4 is 24.8 Å². The molecule has 0 saturated heterocycles. The van der Waals surface area contributed by atoms with Gasteiger partial charge in [0.15, 0.2) is 17.2 Å². The second-order valence-corrected chi connectivity index (χ2v) is 7.09. The first-order valence-electron chi connectivity index (χ1n) is 10.1. The van der Waals surface area contributed by atoms with Crippen molar-refractivity contribution in [3.63, 3.8) is 0 Å². The number of rotatable bonds is 9. The van der Waals surface area contributed by atoms with Crippen molar-refractivity contribution in [1.82, 2.24) is 20.3 Å². The zero-order chi connectivity index (χ0) is 22.3. The van der Waals surface area contributed by atoms with Gasteiger partial charge in [-0.2, -0.15) is 0 Å². The molecule has 1 aliphatic heterocycles. The molecule has 2 aromatic carbocycles. The molecule has 0 saturated carbocycles. The summed E-state index contributed by atoms with van der Waals surface area (Å²) in [7, 11) is 1.56. The van der Waals surface area contributed by atoms with Gasteiger partial charge in [0, 0.05) is 24.7 Å². The largest absolute Gasteiger partial charge is 0.497 e. The number of hydrogen-bond donors (Lipinski definition) is 2. The number of anilines is 1. The predicted molar refractivity (Wildman–Crippen MR) is 115 cm³/mol. The monoisotopic (exact) mass is 437 g/mol. The number of ether oxygens (including phenoxy) is 3. The number of carbonyl (C=O) groups is 2. The Morgan fingerprint density at radius 1 is 1.16 bits per heavy atom. The molecular weight excluding hydrogens is 414 g/mol. The minimum atomic E-state index is -0.378. The highest BCUT2D eigenvalue weighted by atomic mass is 16.7. The maximum Gasteiger partial charge on any atom is 0.277 e. The number of nitrogens with one attached hydrogen (secondary N) is 2. The van der Waals surface area contributed by atoms with Crippen LogP contribution in [0.3, 0.4) is 0 Å². The average Bonchev–Trinajstić information content (AvgIpc) is 3.47. The second kappa shape index (κ2) is 9.82. The number of aromatic nitrogens is 3. The third-order valence-corrected chi connectivity index (χ3v) is 4.84. The van der Waals surface area contributed by atoms with Gasteiger partial charge >= 0.3 is 0 Å². The number of hydrogen-bond acceptors (Lipinski definition) is 7. The minimum Gasteiger partial charge on any atom is -0.497 e. The lowest BCUT2D eigenvalue weighted by molar-refractivity contribution is -0.121. The summed E-state index contributed by atoms with van der Waals surface area (Å²) in [4.78, 5) is 24.5. The molecule has 0 radical (unpaired) electrons. The Kier molecular flexibility index (Phi) is 6.49. The van der Waals surface area contributed by atoms with E-state index in [4.69, 9.17) is 14.2 Å². The third-order valence-electron chi connectivity index (χ3n) is 4.84. The van der Waals surface area contributed by atoms with Gasteiger partial charge in [0.1, 0.15) is 5.75 Å². The van der Waals surface area contributed by atoms with Crippen LogP contribution >= 0.6 is 0 Å². The van der Waals surface area contributed by atoms with Gasteiger partial charge in [-0.05, 0) is 36.2 Å². The van der Waals surface area contributed by atoms with Crippen LogP contribution in [0, 0.1) is 0 Å². The zero-order valence-corrected chi connectivity index (χ0v) is 17.5. The van der Waals surface area contributed by atoms with Crippen LogP contribution in [-0.4, -0.2) is 47.3 Å². The van der Waals surface area contributed by atoms with Crippen LogP contribution in [0.15, 0.2) is 48.7 Å². The average molecular weight is 437 g/mol. The predicted octanol–water partition coefficient (Wildman–Crippen LogP) is 2.02. The first-order chi connectivity index (χ1) is 15.6. The fourth-order valence-electron chi connectivity index (χ4n) is 3.16. The lowest BCUT2D eigenvalue weighted by Crippen LogP contribution is -2.27. The Morgan fingerprint density at radius 2 is 2.03 bits per heavy atom. The van der Waals surface area contributed by atoms with Crippen molar-refractivity contribution in [3.8, 4) is 17.2 Å². The van der Waals surface area contributed by atoms with Gasteiger partial charge in [-0.3, -0.25) is 9.59 Å². The smallest absolute Gasteiger partial charge is 0.277 e. The number of benzene rings is 2. The van der Waals surface area contributed by atoms with Gasteiger partial charge in [0.2, 0.25) is 12.7 Å². The number of methoxy groups -OCH3 is 1. The second-order valence-electron chi connectivity index (χ2n) is 7.09. The molecule has 4 rings (SSSR count). The molecule has 3 aromatic rings. The summed E-state index contributed by atoms with van der Waals surface area (Å²) in [5, 5.41) is 13.4. The van der Waals surface area contributed by atoms with E-state index in [1.54, 1.807) is 31.4 Å². The molecule has 2 amide bonds. The SMILES string of the molecule is COc1cccc(NC(=O)c2cn(CCNC(=O)CCc3ccc4c(c3)OCO4)nn2)c1. The van der Waals surface area contributed by atoms with Gasteiger partial charge in [-0.15, -0.1) is 5.10 Å². The van der Waals surface area contributed by atoms with Crippen molar-refractivity contribution in [1.29, 1.82) is 0 Å². The summed E-state index contributed by atoms with van der Waals surface area (Å²) in [6.07, 6.45) is 2.49. The molecule has 166 valence electrons. The van der Waals surface area contributed by atoms with Gasteiger partial charge < -0.3 is 24.8 Å². The van der Waals surface area contributed by atoms with Crippen LogP contribution in [0.25, 0.3) is 0 Å². The molecule has 32 heavy (non-hydrogen) atoms. The summed E-state index contributed by atoms with van der Waals surface area (Å²) >= 11 is 0. The van der Waals surface area contributed by atoms with E-state index in [0.717, 1.165) is 11.3 Å². The number of carbonyl (C=O) groups excluding carboxylic acids is 2. The van der Waals surface area contributed by atoms with Crippen LogP contribution in [0.1, 0.15) is 22.5 Å². The Bertz CT molecular complexity index is 1110. The Balaban J connectivity index is 1.20. The lowest BCUT2D eigenvalue weighted by atomic mass is 10.1. The molecule has 0 bridgehead atoms. The third kappa shape index (κ3) is 5.34. The quantitative estimate of drug-likeness (QED) is 0.526. The molecule has 0 fully saturated rings. The molecule has 2 heterocycles. The molecule has 0 spiro atoms. The molecule has 0 atom stereocenters. The number of amides is 2.